The van der Waals surface area contributed by atoms with Gasteiger partial charge in [-0.05, 0) is 38.5 Å². The Morgan fingerprint density at radius 1 is 0.412 bits per heavy atom. The van der Waals surface area contributed by atoms with Gasteiger partial charge in [0.15, 0.2) is 6.10 Å². The first-order valence-corrected chi connectivity index (χ1v) is 21.2. The van der Waals surface area contributed by atoms with E-state index in [0.29, 0.717) is 19.3 Å². The van der Waals surface area contributed by atoms with Crippen LogP contribution in [0.4, 0.5) is 0 Å². The summed E-state index contributed by atoms with van der Waals surface area (Å²) in [7, 11) is 0. The second kappa shape index (κ2) is 40.1. The molecule has 0 saturated carbocycles. The van der Waals surface area contributed by atoms with Crippen molar-refractivity contribution in [3.05, 3.63) is 48.6 Å². The number of unbranched alkanes of at least 4 members (excludes halogenated alkanes) is 21. The van der Waals surface area contributed by atoms with Crippen LogP contribution in [0.1, 0.15) is 201 Å². The molecule has 294 valence electrons. The molecule has 1 unspecified atom stereocenters. The standard InChI is InChI=1S/C45H78O6/c1-4-7-10-13-16-19-21-22-24-26-29-32-35-38-44(47)50-41-42(40-49-43(46)37-34-31-28-25-18-15-12-9-6-3)51-45(48)39-36-33-30-27-23-20-17-14-11-8-5-2/h7,10,13,16,19,21-22,24,42H,4-6,8-9,11-12,14-15,17-18,20,23,25-41H2,1-3H3/b10-7-,16-13-,21-19-,24-22-. The Balaban J connectivity index is 4.43. The van der Waals surface area contributed by atoms with Crippen LogP contribution in [0.2, 0.25) is 0 Å². The van der Waals surface area contributed by atoms with E-state index in [9.17, 15) is 14.4 Å². The molecule has 0 bridgehead atoms. The molecule has 0 spiro atoms. The normalized spacial score (nSPS) is 12.5. The van der Waals surface area contributed by atoms with E-state index < -0.39 is 6.10 Å². The molecule has 6 nitrogen and oxygen atoms in total. The van der Waals surface area contributed by atoms with Crippen LogP contribution in [0.5, 0.6) is 0 Å². The number of rotatable bonds is 37. The molecule has 0 aliphatic carbocycles. The quantitative estimate of drug-likeness (QED) is 0.0276. The average molecular weight is 715 g/mol. The fourth-order valence-electron chi connectivity index (χ4n) is 5.74. The molecule has 0 aliphatic rings. The number of carbonyl (C=O) groups is 3. The van der Waals surface area contributed by atoms with Crippen LogP contribution in [-0.4, -0.2) is 37.2 Å². The van der Waals surface area contributed by atoms with Crippen molar-refractivity contribution in [2.24, 2.45) is 0 Å². The summed E-state index contributed by atoms with van der Waals surface area (Å²) in [5, 5.41) is 0. The topological polar surface area (TPSA) is 78.9 Å². The molecule has 0 aromatic carbocycles. The van der Waals surface area contributed by atoms with Crippen molar-refractivity contribution in [3.63, 3.8) is 0 Å². The molecule has 0 radical (unpaired) electrons. The maximum absolute atomic E-state index is 12.6. The minimum Gasteiger partial charge on any atom is -0.462 e. The smallest absolute Gasteiger partial charge is 0.306 e. The van der Waals surface area contributed by atoms with E-state index in [0.717, 1.165) is 70.6 Å². The van der Waals surface area contributed by atoms with Gasteiger partial charge in [0.25, 0.3) is 0 Å². The summed E-state index contributed by atoms with van der Waals surface area (Å²) < 4.78 is 16.6. The first-order chi connectivity index (χ1) is 25.0. The Labute approximate surface area is 314 Å². The highest BCUT2D eigenvalue weighted by Crippen LogP contribution is 2.14. The lowest BCUT2D eigenvalue weighted by molar-refractivity contribution is -0.167. The maximum Gasteiger partial charge on any atom is 0.306 e. The van der Waals surface area contributed by atoms with Gasteiger partial charge in [-0.3, -0.25) is 14.4 Å². The molecule has 0 rings (SSSR count). The van der Waals surface area contributed by atoms with Gasteiger partial charge in [0.1, 0.15) is 13.2 Å². The Bertz CT molecular complexity index is 918. The monoisotopic (exact) mass is 715 g/mol. The van der Waals surface area contributed by atoms with Crippen LogP contribution in [0.25, 0.3) is 0 Å². The third-order valence-electron chi connectivity index (χ3n) is 8.94. The first-order valence-electron chi connectivity index (χ1n) is 21.2. The van der Waals surface area contributed by atoms with Crippen LogP contribution in [0.15, 0.2) is 48.6 Å². The van der Waals surface area contributed by atoms with Crippen LogP contribution >= 0.6 is 0 Å². The predicted octanol–water partition coefficient (Wildman–Crippen LogP) is 13.2. The lowest BCUT2D eigenvalue weighted by Crippen LogP contribution is -2.30. The van der Waals surface area contributed by atoms with Crippen LogP contribution in [0, 0.1) is 0 Å². The van der Waals surface area contributed by atoms with Gasteiger partial charge in [0.05, 0.1) is 0 Å². The summed E-state index contributed by atoms with van der Waals surface area (Å²) in [6.45, 7) is 6.41. The van der Waals surface area contributed by atoms with Crippen molar-refractivity contribution in [2.75, 3.05) is 13.2 Å². The Morgan fingerprint density at radius 3 is 1.20 bits per heavy atom. The first kappa shape index (κ1) is 48.4. The SMILES string of the molecule is CC\C=C/C=C\C=C/C=C\CCCCCC(=O)OCC(COC(=O)CCCCCCCCCCC)OC(=O)CCCCCCCCCCCCC. The van der Waals surface area contributed by atoms with E-state index in [2.05, 4.69) is 32.9 Å². The molecule has 0 saturated heterocycles. The van der Waals surface area contributed by atoms with Crippen LogP contribution < -0.4 is 0 Å². The second-order valence-electron chi connectivity index (χ2n) is 14.0. The van der Waals surface area contributed by atoms with Gasteiger partial charge in [0, 0.05) is 19.3 Å². The minimum absolute atomic E-state index is 0.0838. The predicted molar refractivity (Wildman–Crippen MR) is 215 cm³/mol. The van der Waals surface area contributed by atoms with Crippen molar-refractivity contribution in [1.29, 1.82) is 0 Å². The number of allylic oxidation sites excluding steroid dienone is 8. The Hall–Kier alpha value is -2.63. The van der Waals surface area contributed by atoms with E-state index >= 15 is 0 Å². The van der Waals surface area contributed by atoms with Crippen molar-refractivity contribution < 1.29 is 28.6 Å². The molecular formula is C45H78O6. The summed E-state index contributed by atoms with van der Waals surface area (Å²) in [6, 6.07) is 0. The second-order valence-corrected chi connectivity index (χ2v) is 14.0. The highest BCUT2D eigenvalue weighted by atomic mass is 16.6. The van der Waals surface area contributed by atoms with E-state index in [4.69, 9.17) is 14.2 Å². The maximum atomic E-state index is 12.6. The molecular weight excluding hydrogens is 636 g/mol. The van der Waals surface area contributed by atoms with E-state index in [1.54, 1.807) is 0 Å². The molecule has 0 heterocycles. The van der Waals surface area contributed by atoms with E-state index in [1.807, 2.05) is 36.5 Å². The van der Waals surface area contributed by atoms with E-state index in [-0.39, 0.29) is 31.1 Å². The zero-order valence-electron chi connectivity index (χ0n) is 33.4. The number of ether oxygens (including phenoxy) is 3. The number of esters is 3. The molecule has 0 aromatic rings. The summed E-state index contributed by atoms with van der Waals surface area (Å²) >= 11 is 0. The van der Waals surface area contributed by atoms with Gasteiger partial charge in [-0.25, -0.2) is 0 Å². The van der Waals surface area contributed by atoms with Gasteiger partial charge < -0.3 is 14.2 Å². The van der Waals surface area contributed by atoms with Crippen LogP contribution in [-0.2, 0) is 28.6 Å². The summed E-state index contributed by atoms with van der Waals surface area (Å²) in [4.78, 5) is 37.5. The zero-order chi connectivity index (χ0) is 37.3. The molecule has 0 aromatic heterocycles. The van der Waals surface area contributed by atoms with Gasteiger partial charge in [-0.1, -0.05) is 191 Å². The lowest BCUT2D eigenvalue weighted by atomic mass is 10.1. The van der Waals surface area contributed by atoms with Crippen molar-refractivity contribution >= 4 is 17.9 Å². The highest BCUT2D eigenvalue weighted by molar-refractivity contribution is 5.71. The number of hydrogen-bond donors (Lipinski definition) is 0. The van der Waals surface area contributed by atoms with Crippen LogP contribution in [0.3, 0.4) is 0 Å². The summed E-state index contributed by atoms with van der Waals surface area (Å²) in [5.41, 5.74) is 0. The van der Waals surface area contributed by atoms with Crippen molar-refractivity contribution in [1.82, 2.24) is 0 Å². The fourth-order valence-corrected chi connectivity index (χ4v) is 5.74. The largest absolute Gasteiger partial charge is 0.462 e. The Morgan fingerprint density at radius 2 is 0.765 bits per heavy atom. The fraction of sp³-hybridized carbons (Fsp3) is 0.756. The molecule has 0 fully saturated rings. The third-order valence-corrected chi connectivity index (χ3v) is 8.94. The average Bonchev–Trinajstić information content (AvgIpc) is 3.12. The van der Waals surface area contributed by atoms with E-state index in [1.165, 1.54) is 89.9 Å². The van der Waals surface area contributed by atoms with Gasteiger partial charge >= 0.3 is 17.9 Å². The molecule has 0 aliphatic heterocycles. The molecule has 1 atom stereocenters. The number of hydrogen-bond acceptors (Lipinski definition) is 6. The lowest BCUT2D eigenvalue weighted by Gasteiger charge is -2.18. The van der Waals surface area contributed by atoms with Gasteiger partial charge in [-0.15, -0.1) is 0 Å². The highest BCUT2D eigenvalue weighted by Gasteiger charge is 2.19. The molecule has 0 amide bonds. The van der Waals surface area contributed by atoms with Crippen molar-refractivity contribution in [3.8, 4) is 0 Å². The van der Waals surface area contributed by atoms with Gasteiger partial charge in [0.2, 0.25) is 0 Å². The summed E-state index contributed by atoms with van der Waals surface area (Å²) in [5.74, 6) is -0.931. The number of carbonyl (C=O) groups excluding carboxylic acids is 3. The molecule has 0 N–H and O–H groups in total. The summed E-state index contributed by atoms with van der Waals surface area (Å²) in [6.07, 6.45) is 45.2. The van der Waals surface area contributed by atoms with Crippen molar-refractivity contribution in [2.45, 2.75) is 207 Å². The third kappa shape index (κ3) is 38.4. The zero-order valence-corrected chi connectivity index (χ0v) is 33.4. The molecule has 6 heteroatoms. The Kier molecular flexibility index (Phi) is 38.1. The minimum atomic E-state index is -0.781. The van der Waals surface area contributed by atoms with Gasteiger partial charge in [-0.2, -0.15) is 0 Å². The molecule has 51 heavy (non-hydrogen) atoms.